The molecule has 1 aliphatic heterocycles. The summed E-state index contributed by atoms with van der Waals surface area (Å²) < 4.78 is 5.75. The van der Waals surface area contributed by atoms with Gasteiger partial charge in [0.25, 0.3) is 6.01 Å². The molecule has 1 aliphatic rings. The zero-order valence-electron chi connectivity index (χ0n) is 14.0. The Balaban J connectivity index is 1.30. The smallest absolute Gasteiger partial charge is 0.319 e. The Labute approximate surface area is 155 Å². The molecule has 2 aromatic heterocycles. The summed E-state index contributed by atoms with van der Waals surface area (Å²) in [6.45, 7) is 1.53. The van der Waals surface area contributed by atoms with Gasteiger partial charge in [-0.1, -0.05) is 11.6 Å². The second-order valence-corrected chi connectivity index (χ2v) is 6.62. The van der Waals surface area contributed by atoms with Crippen molar-refractivity contribution in [1.82, 2.24) is 15.3 Å². The number of carbonyl (C=O) groups excluding carboxylic acids is 1. The van der Waals surface area contributed by atoms with Crippen molar-refractivity contribution in [2.75, 3.05) is 23.3 Å². The Bertz CT molecular complexity index is 870. The van der Waals surface area contributed by atoms with Gasteiger partial charge in [0.1, 0.15) is 0 Å². The number of carbonyl (C=O) groups is 1. The predicted molar refractivity (Wildman–Crippen MR) is 101 cm³/mol. The molecule has 7 nitrogen and oxygen atoms in total. The zero-order chi connectivity index (χ0) is 17.9. The van der Waals surface area contributed by atoms with Crippen LogP contribution in [0.25, 0.3) is 11.2 Å². The molecular formula is C18H18ClN5O2. The number of fused-ring (bicyclic) bond motifs is 1. The highest BCUT2D eigenvalue weighted by atomic mass is 35.5. The van der Waals surface area contributed by atoms with Crippen molar-refractivity contribution >= 4 is 40.6 Å². The standard InChI is InChI=1S/C18H18ClN5O2/c19-12-3-5-13(6-4-12)21-17(25)22-14-7-10-24(11-8-14)18-23-16-15(26-18)2-1-9-20-16/h1-6,9,14H,7-8,10-11H2,(H2,21,22,25). The minimum atomic E-state index is -0.211. The van der Waals surface area contributed by atoms with Gasteiger partial charge in [0, 0.05) is 36.0 Å². The molecule has 0 atom stereocenters. The molecule has 0 spiro atoms. The molecule has 1 aromatic carbocycles. The Morgan fingerprint density at radius 2 is 1.96 bits per heavy atom. The lowest BCUT2D eigenvalue weighted by molar-refractivity contribution is 0.246. The van der Waals surface area contributed by atoms with E-state index in [4.69, 9.17) is 16.0 Å². The normalized spacial score (nSPS) is 15.2. The second kappa shape index (κ2) is 7.21. The third kappa shape index (κ3) is 3.72. The van der Waals surface area contributed by atoms with Gasteiger partial charge in [0.05, 0.1) is 0 Å². The van der Waals surface area contributed by atoms with Crippen LogP contribution in [0.3, 0.4) is 0 Å². The molecule has 26 heavy (non-hydrogen) atoms. The summed E-state index contributed by atoms with van der Waals surface area (Å²) >= 11 is 5.84. The van der Waals surface area contributed by atoms with Gasteiger partial charge in [-0.15, -0.1) is 0 Å². The zero-order valence-corrected chi connectivity index (χ0v) is 14.7. The first-order valence-corrected chi connectivity index (χ1v) is 8.85. The molecule has 0 saturated carbocycles. The Morgan fingerprint density at radius 3 is 2.69 bits per heavy atom. The number of rotatable bonds is 3. The molecule has 4 rings (SSSR count). The summed E-state index contributed by atoms with van der Waals surface area (Å²) in [6.07, 6.45) is 3.34. The number of urea groups is 1. The second-order valence-electron chi connectivity index (χ2n) is 6.19. The van der Waals surface area contributed by atoms with Crippen LogP contribution in [0.5, 0.6) is 0 Å². The van der Waals surface area contributed by atoms with Gasteiger partial charge in [-0.05, 0) is 49.2 Å². The number of pyridine rings is 1. The van der Waals surface area contributed by atoms with Gasteiger partial charge in [-0.2, -0.15) is 4.98 Å². The largest absolute Gasteiger partial charge is 0.422 e. The average molecular weight is 372 g/mol. The summed E-state index contributed by atoms with van der Waals surface area (Å²) in [5.41, 5.74) is 2.01. The van der Waals surface area contributed by atoms with Crippen LogP contribution in [0.2, 0.25) is 5.02 Å². The average Bonchev–Trinajstić information content (AvgIpc) is 3.08. The van der Waals surface area contributed by atoms with Gasteiger partial charge < -0.3 is 20.0 Å². The van der Waals surface area contributed by atoms with E-state index in [1.807, 2.05) is 12.1 Å². The fourth-order valence-corrected chi connectivity index (χ4v) is 3.12. The topological polar surface area (TPSA) is 83.3 Å². The number of aromatic nitrogens is 2. The first-order chi connectivity index (χ1) is 12.7. The van der Waals surface area contributed by atoms with Crippen molar-refractivity contribution in [2.45, 2.75) is 18.9 Å². The lowest BCUT2D eigenvalue weighted by Crippen LogP contribution is -2.46. The molecule has 8 heteroatoms. The van der Waals surface area contributed by atoms with Crippen molar-refractivity contribution < 1.29 is 9.21 Å². The lowest BCUT2D eigenvalue weighted by Gasteiger charge is -2.31. The number of amides is 2. The molecule has 2 amide bonds. The molecular weight excluding hydrogens is 354 g/mol. The molecule has 134 valence electrons. The van der Waals surface area contributed by atoms with Gasteiger partial charge in [0.2, 0.25) is 5.65 Å². The minimum absolute atomic E-state index is 0.112. The van der Waals surface area contributed by atoms with E-state index in [-0.39, 0.29) is 12.1 Å². The van der Waals surface area contributed by atoms with E-state index < -0.39 is 0 Å². The molecule has 2 N–H and O–H groups in total. The van der Waals surface area contributed by atoms with Crippen LogP contribution in [0.1, 0.15) is 12.8 Å². The monoisotopic (exact) mass is 371 g/mol. The molecule has 0 bridgehead atoms. The first-order valence-electron chi connectivity index (χ1n) is 8.47. The van der Waals surface area contributed by atoms with Crippen molar-refractivity contribution in [2.24, 2.45) is 0 Å². The van der Waals surface area contributed by atoms with Gasteiger partial charge in [0.15, 0.2) is 5.58 Å². The maximum Gasteiger partial charge on any atom is 0.319 e. The van der Waals surface area contributed by atoms with Crippen molar-refractivity contribution in [3.05, 3.63) is 47.6 Å². The van der Waals surface area contributed by atoms with Crippen LogP contribution < -0.4 is 15.5 Å². The van der Waals surface area contributed by atoms with Crippen molar-refractivity contribution in [3.63, 3.8) is 0 Å². The quantitative estimate of drug-likeness (QED) is 0.734. The molecule has 0 aliphatic carbocycles. The van der Waals surface area contributed by atoms with Crippen LogP contribution in [0, 0.1) is 0 Å². The number of oxazole rings is 1. The fourth-order valence-electron chi connectivity index (χ4n) is 2.99. The number of anilines is 2. The summed E-state index contributed by atoms with van der Waals surface area (Å²) in [5.74, 6) is 0. The third-order valence-corrected chi connectivity index (χ3v) is 4.61. The highest BCUT2D eigenvalue weighted by Gasteiger charge is 2.24. The first kappa shape index (κ1) is 16.7. The lowest BCUT2D eigenvalue weighted by atomic mass is 10.1. The highest BCUT2D eigenvalue weighted by Crippen LogP contribution is 2.23. The summed E-state index contributed by atoms with van der Waals surface area (Å²) in [7, 11) is 0. The van der Waals surface area contributed by atoms with Crippen LogP contribution >= 0.6 is 11.6 Å². The highest BCUT2D eigenvalue weighted by molar-refractivity contribution is 6.30. The fraction of sp³-hybridized carbons (Fsp3) is 0.278. The number of nitrogens with zero attached hydrogens (tertiary/aromatic N) is 3. The van der Waals surface area contributed by atoms with Crippen molar-refractivity contribution in [3.8, 4) is 0 Å². The van der Waals surface area contributed by atoms with Gasteiger partial charge in [-0.3, -0.25) is 0 Å². The third-order valence-electron chi connectivity index (χ3n) is 4.36. The van der Waals surface area contributed by atoms with E-state index in [9.17, 15) is 4.79 Å². The predicted octanol–water partition coefficient (Wildman–Crippen LogP) is 3.67. The number of hydrogen-bond donors (Lipinski definition) is 2. The van der Waals surface area contributed by atoms with E-state index in [1.54, 1.807) is 30.5 Å². The molecule has 0 radical (unpaired) electrons. The molecule has 1 fully saturated rings. The number of halogens is 1. The van der Waals surface area contributed by atoms with E-state index in [0.717, 1.165) is 25.9 Å². The van der Waals surface area contributed by atoms with E-state index in [0.29, 0.717) is 28.0 Å². The Kier molecular flexibility index (Phi) is 4.62. The maximum absolute atomic E-state index is 12.1. The molecule has 3 heterocycles. The van der Waals surface area contributed by atoms with Gasteiger partial charge >= 0.3 is 6.03 Å². The molecule has 3 aromatic rings. The Morgan fingerprint density at radius 1 is 1.19 bits per heavy atom. The van der Waals surface area contributed by atoms with Crippen LogP contribution in [-0.4, -0.2) is 35.1 Å². The summed E-state index contributed by atoms with van der Waals surface area (Å²) in [5, 5.41) is 6.46. The SMILES string of the molecule is O=C(Nc1ccc(Cl)cc1)NC1CCN(c2nc3ncccc3o2)CC1. The van der Waals surface area contributed by atoms with Gasteiger partial charge in [-0.25, -0.2) is 9.78 Å². The molecule has 1 saturated heterocycles. The van der Waals surface area contributed by atoms with E-state index in [1.165, 1.54) is 0 Å². The minimum Gasteiger partial charge on any atom is -0.422 e. The number of hydrogen-bond acceptors (Lipinski definition) is 5. The van der Waals surface area contributed by atoms with E-state index in [2.05, 4.69) is 25.5 Å². The van der Waals surface area contributed by atoms with Crippen LogP contribution in [0.4, 0.5) is 16.5 Å². The van der Waals surface area contributed by atoms with Crippen LogP contribution in [-0.2, 0) is 0 Å². The Hall–Kier alpha value is -2.80. The molecule has 0 unspecified atom stereocenters. The number of piperidine rings is 1. The number of benzene rings is 1. The van der Waals surface area contributed by atoms with Crippen molar-refractivity contribution in [1.29, 1.82) is 0 Å². The number of nitrogens with one attached hydrogen (secondary N) is 2. The van der Waals surface area contributed by atoms with Crippen LogP contribution in [0.15, 0.2) is 47.0 Å². The maximum atomic E-state index is 12.1. The summed E-state index contributed by atoms with van der Waals surface area (Å²) in [4.78, 5) is 22.8. The van der Waals surface area contributed by atoms with E-state index >= 15 is 0 Å². The summed E-state index contributed by atoms with van der Waals surface area (Å²) in [6, 6.07) is 11.2.